The van der Waals surface area contributed by atoms with Crippen molar-refractivity contribution < 1.29 is 23.6 Å². The number of ether oxygens (including phenoxy) is 2. The molecule has 0 saturated heterocycles. The van der Waals surface area contributed by atoms with E-state index in [9.17, 15) is 9.59 Å². The standard InChI is InChI=1S/C23H26N2O5/c1-5-10-24-22(26)16(4)29-23(27)19-11-17-8-6-7-9-18(17)12-21(19)28-13-20-14(2)25-30-15(20)3/h6-9,11-12,16H,5,10,13H2,1-4H3,(H,24,26)/t16-/m1/s1. The van der Waals surface area contributed by atoms with Crippen LogP contribution in [0.5, 0.6) is 5.75 Å². The van der Waals surface area contributed by atoms with Crippen LogP contribution in [0.1, 0.15) is 47.6 Å². The van der Waals surface area contributed by atoms with Crippen LogP contribution in [0, 0.1) is 13.8 Å². The summed E-state index contributed by atoms with van der Waals surface area (Å²) >= 11 is 0. The van der Waals surface area contributed by atoms with Crippen molar-refractivity contribution in [2.45, 2.75) is 46.8 Å². The van der Waals surface area contributed by atoms with Crippen LogP contribution in [0.2, 0.25) is 0 Å². The number of carbonyl (C=O) groups excluding carboxylic acids is 2. The van der Waals surface area contributed by atoms with E-state index < -0.39 is 12.1 Å². The Balaban J connectivity index is 1.86. The normalized spacial score (nSPS) is 11.9. The largest absolute Gasteiger partial charge is 0.488 e. The van der Waals surface area contributed by atoms with E-state index in [2.05, 4.69) is 10.5 Å². The lowest BCUT2D eigenvalue weighted by Gasteiger charge is -2.16. The number of hydrogen-bond donors (Lipinski definition) is 1. The molecule has 158 valence electrons. The molecule has 0 radical (unpaired) electrons. The molecule has 0 aliphatic carbocycles. The van der Waals surface area contributed by atoms with E-state index >= 15 is 0 Å². The molecule has 1 atom stereocenters. The number of aromatic nitrogens is 1. The molecule has 0 fully saturated rings. The molecule has 0 unspecified atom stereocenters. The van der Waals surface area contributed by atoms with Gasteiger partial charge in [-0.05, 0) is 50.1 Å². The summed E-state index contributed by atoms with van der Waals surface area (Å²) in [5.74, 6) is 0.0938. The Morgan fingerprint density at radius 1 is 1.17 bits per heavy atom. The van der Waals surface area contributed by atoms with Crippen molar-refractivity contribution in [3.63, 3.8) is 0 Å². The summed E-state index contributed by atoms with van der Waals surface area (Å²) in [6, 6.07) is 11.2. The maximum Gasteiger partial charge on any atom is 0.342 e. The summed E-state index contributed by atoms with van der Waals surface area (Å²) in [5.41, 5.74) is 1.82. The molecule has 0 bridgehead atoms. The van der Waals surface area contributed by atoms with E-state index in [4.69, 9.17) is 14.0 Å². The van der Waals surface area contributed by atoms with E-state index in [0.717, 1.165) is 28.5 Å². The smallest absolute Gasteiger partial charge is 0.342 e. The number of aryl methyl sites for hydroxylation is 2. The van der Waals surface area contributed by atoms with Gasteiger partial charge >= 0.3 is 5.97 Å². The number of fused-ring (bicyclic) bond motifs is 1. The molecule has 30 heavy (non-hydrogen) atoms. The van der Waals surface area contributed by atoms with Crippen molar-refractivity contribution in [1.29, 1.82) is 0 Å². The van der Waals surface area contributed by atoms with Gasteiger partial charge in [-0.25, -0.2) is 4.79 Å². The topological polar surface area (TPSA) is 90.7 Å². The van der Waals surface area contributed by atoms with Crippen LogP contribution in [-0.4, -0.2) is 29.7 Å². The van der Waals surface area contributed by atoms with Crippen LogP contribution in [0.3, 0.4) is 0 Å². The zero-order valence-corrected chi connectivity index (χ0v) is 17.7. The minimum atomic E-state index is -0.911. The highest BCUT2D eigenvalue weighted by molar-refractivity contribution is 5.99. The SMILES string of the molecule is CCCNC(=O)[C@@H](C)OC(=O)c1cc2ccccc2cc1OCc1c(C)noc1C. The molecule has 1 aromatic heterocycles. The highest BCUT2D eigenvalue weighted by atomic mass is 16.5. The number of carbonyl (C=O) groups is 2. The van der Waals surface area contributed by atoms with Crippen molar-refractivity contribution >= 4 is 22.6 Å². The predicted octanol–water partition coefficient (Wildman–Crippen LogP) is 4.10. The maximum atomic E-state index is 12.9. The lowest BCUT2D eigenvalue weighted by molar-refractivity contribution is -0.129. The predicted molar refractivity (Wildman–Crippen MR) is 112 cm³/mol. The van der Waals surface area contributed by atoms with Gasteiger partial charge in [0.15, 0.2) is 6.10 Å². The fourth-order valence-electron chi connectivity index (χ4n) is 3.03. The third-order valence-electron chi connectivity index (χ3n) is 4.82. The van der Waals surface area contributed by atoms with Gasteiger partial charge in [0.2, 0.25) is 0 Å². The fourth-order valence-corrected chi connectivity index (χ4v) is 3.03. The number of hydrogen-bond acceptors (Lipinski definition) is 6. The number of rotatable bonds is 8. The first-order valence-electron chi connectivity index (χ1n) is 9.96. The second-order valence-electron chi connectivity index (χ2n) is 7.13. The fraction of sp³-hybridized carbons (Fsp3) is 0.348. The van der Waals surface area contributed by atoms with Crippen LogP contribution >= 0.6 is 0 Å². The molecule has 1 amide bonds. The molecule has 0 spiro atoms. The van der Waals surface area contributed by atoms with E-state index in [-0.39, 0.29) is 18.1 Å². The van der Waals surface area contributed by atoms with E-state index in [1.807, 2.05) is 45.0 Å². The Morgan fingerprint density at radius 2 is 1.87 bits per heavy atom. The average Bonchev–Trinajstić information content (AvgIpc) is 3.06. The highest BCUT2D eigenvalue weighted by Gasteiger charge is 2.22. The Bertz CT molecular complexity index is 1040. The van der Waals surface area contributed by atoms with E-state index in [1.165, 1.54) is 0 Å². The van der Waals surface area contributed by atoms with Gasteiger partial charge in [-0.1, -0.05) is 36.3 Å². The molecule has 2 aromatic carbocycles. The molecule has 1 N–H and O–H groups in total. The molecule has 0 aliphatic heterocycles. The third-order valence-corrected chi connectivity index (χ3v) is 4.82. The van der Waals surface area contributed by atoms with Gasteiger partial charge in [0, 0.05) is 6.54 Å². The molecule has 0 saturated carbocycles. The molecular weight excluding hydrogens is 384 g/mol. The lowest BCUT2D eigenvalue weighted by Crippen LogP contribution is -2.36. The quantitative estimate of drug-likeness (QED) is 0.563. The van der Waals surface area contributed by atoms with Crippen molar-refractivity contribution in [1.82, 2.24) is 10.5 Å². The van der Waals surface area contributed by atoms with Gasteiger partial charge in [-0.15, -0.1) is 0 Å². The van der Waals surface area contributed by atoms with Crippen LogP contribution in [-0.2, 0) is 16.1 Å². The Kier molecular flexibility index (Phi) is 6.72. The molecule has 3 aromatic rings. The minimum Gasteiger partial charge on any atom is -0.488 e. The molecule has 1 heterocycles. The van der Waals surface area contributed by atoms with Crippen LogP contribution in [0.4, 0.5) is 0 Å². The highest BCUT2D eigenvalue weighted by Crippen LogP contribution is 2.28. The monoisotopic (exact) mass is 410 g/mol. The van der Waals surface area contributed by atoms with E-state index in [0.29, 0.717) is 18.1 Å². The average molecular weight is 410 g/mol. The van der Waals surface area contributed by atoms with Gasteiger partial charge in [0.05, 0.1) is 11.3 Å². The number of amides is 1. The van der Waals surface area contributed by atoms with Gasteiger partial charge in [0.1, 0.15) is 23.7 Å². The Labute approximate surface area is 175 Å². The summed E-state index contributed by atoms with van der Waals surface area (Å²) in [4.78, 5) is 25.0. The summed E-state index contributed by atoms with van der Waals surface area (Å²) in [5, 5.41) is 8.45. The second kappa shape index (κ2) is 9.43. The number of benzene rings is 2. The first-order valence-corrected chi connectivity index (χ1v) is 9.96. The third kappa shape index (κ3) is 4.79. The first kappa shape index (κ1) is 21.4. The van der Waals surface area contributed by atoms with Crippen LogP contribution in [0.25, 0.3) is 10.8 Å². The summed E-state index contributed by atoms with van der Waals surface area (Å²) < 4.78 is 16.6. The van der Waals surface area contributed by atoms with Crippen molar-refractivity contribution in [2.24, 2.45) is 0 Å². The van der Waals surface area contributed by atoms with Gasteiger partial charge < -0.3 is 19.3 Å². The lowest BCUT2D eigenvalue weighted by atomic mass is 10.1. The molecule has 0 aliphatic rings. The number of nitrogens with zero attached hydrogens (tertiary/aromatic N) is 1. The zero-order chi connectivity index (χ0) is 21.7. The summed E-state index contributed by atoms with van der Waals surface area (Å²) in [6.45, 7) is 7.88. The summed E-state index contributed by atoms with van der Waals surface area (Å²) in [7, 11) is 0. The number of esters is 1. The van der Waals surface area contributed by atoms with Crippen molar-refractivity contribution in [2.75, 3.05) is 6.54 Å². The van der Waals surface area contributed by atoms with Gasteiger partial charge in [0.25, 0.3) is 5.91 Å². The van der Waals surface area contributed by atoms with Crippen molar-refractivity contribution in [3.05, 3.63) is 59.0 Å². The first-order chi connectivity index (χ1) is 14.4. The maximum absolute atomic E-state index is 12.9. The van der Waals surface area contributed by atoms with Crippen LogP contribution < -0.4 is 10.1 Å². The molecule has 7 heteroatoms. The Morgan fingerprint density at radius 3 is 2.50 bits per heavy atom. The van der Waals surface area contributed by atoms with Crippen LogP contribution in [0.15, 0.2) is 40.9 Å². The van der Waals surface area contributed by atoms with Crippen molar-refractivity contribution in [3.8, 4) is 5.75 Å². The molecule has 3 rings (SSSR count). The van der Waals surface area contributed by atoms with Gasteiger partial charge in [-0.2, -0.15) is 0 Å². The summed E-state index contributed by atoms with van der Waals surface area (Å²) in [6.07, 6.45) is -0.109. The molecule has 7 nitrogen and oxygen atoms in total. The number of nitrogens with one attached hydrogen (secondary N) is 1. The molecular formula is C23H26N2O5. The second-order valence-corrected chi connectivity index (χ2v) is 7.13. The zero-order valence-electron chi connectivity index (χ0n) is 17.7. The van der Waals surface area contributed by atoms with Gasteiger partial charge in [-0.3, -0.25) is 4.79 Å². The minimum absolute atomic E-state index is 0.201. The van der Waals surface area contributed by atoms with E-state index in [1.54, 1.807) is 19.1 Å². The Hall–Kier alpha value is -3.35.